The molecule has 3 nitrogen and oxygen atoms in total. The molecule has 0 aromatic carbocycles. The van der Waals surface area contributed by atoms with Crippen LogP contribution in [-0.2, 0) is 0 Å². The number of β-amino-alcohol motifs (C(OH)–C–C–N with tert-alkyl or cyclic N) is 1. The minimum absolute atomic E-state index is 0.0319. The van der Waals surface area contributed by atoms with E-state index >= 15 is 0 Å². The fourth-order valence-corrected chi connectivity index (χ4v) is 3.08. The molecule has 2 rings (SSSR count). The van der Waals surface area contributed by atoms with Crippen LogP contribution >= 0.6 is 27.3 Å². The molecule has 0 bridgehead atoms. The first-order chi connectivity index (χ1) is 7.16. The van der Waals surface area contributed by atoms with E-state index in [-0.39, 0.29) is 12.0 Å². The van der Waals surface area contributed by atoms with Crippen LogP contribution in [0.3, 0.4) is 0 Å². The second kappa shape index (κ2) is 4.63. The van der Waals surface area contributed by atoms with Crippen LogP contribution in [0.4, 0.5) is 0 Å². The highest BCUT2D eigenvalue weighted by atomic mass is 79.9. The summed E-state index contributed by atoms with van der Waals surface area (Å²) in [6.45, 7) is 1.22. The standard InChI is InChI=1S/C10H12BrNO2S/c11-9-4-3-8(15-9)10(14)12-5-1-2-7(13)6-12/h3-4,7,13H,1-2,5-6H2/t7-/m0/s1. The Morgan fingerprint density at radius 2 is 2.40 bits per heavy atom. The molecule has 0 unspecified atom stereocenters. The molecule has 1 saturated heterocycles. The van der Waals surface area contributed by atoms with Gasteiger partial charge in [0.2, 0.25) is 0 Å². The predicted molar refractivity (Wildman–Crippen MR) is 63.2 cm³/mol. The fraction of sp³-hybridized carbons (Fsp3) is 0.500. The van der Waals surface area contributed by atoms with Crippen molar-refractivity contribution >= 4 is 33.2 Å². The van der Waals surface area contributed by atoms with E-state index in [1.807, 2.05) is 12.1 Å². The largest absolute Gasteiger partial charge is 0.391 e. The summed E-state index contributed by atoms with van der Waals surface area (Å²) in [6.07, 6.45) is 1.34. The third kappa shape index (κ3) is 2.59. The van der Waals surface area contributed by atoms with Gasteiger partial charge in [-0.15, -0.1) is 11.3 Å². The van der Waals surface area contributed by atoms with Crippen LogP contribution < -0.4 is 0 Å². The quantitative estimate of drug-likeness (QED) is 0.860. The van der Waals surface area contributed by atoms with Gasteiger partial charge in [0, 0.05) is 13.1 Å². The molecule has 2 heterocycles. The maximum Gasteiger partial charge on any atom is 0.264 e. The number of thiophene rings is 1. The summed E-state index contributed by atoms with van der Waals surface area (Å²) >= 11 is 4.77. The van der Waals surface area contributed by atoms with E-state index in [2.05, 4.69) is 15.9 Å². The van der Waals surface area contributed by atoms with Crippen molar-refractivity contribution in [3.8, 4) is 0 Å². The average Bonchev–Trinajstić information content (AvgIpc) is 2.64. The smallest absolute Gasteiger partial charge is 0.264 e. The zero-order chi connectivity index (χ0) is 10.8. The lowest BCUT2D eigenvalue weighted by molar-refractivity contribution is 0.0478. The molecular weight excluding hydrogens is 278 g/mol. The van der Waals surface area contributed by atoms with Crippen LogP contribution in [-0.4, -0.2) is 35.1 Å². The fourth-order valence-electron chi connectivity index (χ4n) is 1.72. The van der Waals surface area contributed by atoms with Gasteiger partial charge < -0.3 is 10.0 Å². The summed E-state index contributed by atoms with van der Waals surface area (Å²) in [4.78, 5) is 14.4. The van der Waals surface area contributed by atoms with Crippen LogP contribution in [0.5, 0.6) is 0 Å². The first kappa shape index (κ1) is 11.1. The van der Waals surface area contributed by atoms with Gasteiger partial charge in [-0.1, -0.05) is 0 Å². The van der Waals surface area contributed by atoms with Gasteiger partial charge in [0.1, 0.15) is 0 Å². The molecule has 5 heteroatoms. The van der Waals surface area contributed by atoms with Crippen LogP contribution in [0, 0.1) is 0 Å². The number of carbonyl (C=O) groups is 1. The number of aliphatic hydroxyl groups is 1. The van der Waals surface area contributed by atoms with Crippen molar-refractivity contribution in [3.05, 3.63) is 20.8 Å². The molecule has 0 radical (unpaired) electrons. The highest BCUT2D eigenvalue weighted by Gasteiger charge is 2.23. The topological polar surface area (TPSA) is 40.5 Å². The summed E-state index contributed by atoms with van der Waals surface area (Å²) < 4.78 is 0.961. The van der Waals surface area contributed by atoms with Crippen molar-refractivity contribution in [2.24, 2.45) is 0 Å². The first-order valence-corrected chi connectivity index (χ1v) is 6.50. The monoisotopic (exact) mass is 289 g/mol. The lowest BCUT2D eigenvalue weighted by Crippen LogP contribution is -2.41. The van der Waals surface area contributed by atoms with Crippen molar-refractivity contribution in [2.45, 2.75) is 18.9 Å². The lowest BCUT2D eigenvalue weighted by atomic mass is 10.1. The predicted octanol–water partition coefficient (Wildman–Crippen LogP) is 2.11. The van der Waals surface area contributed by atoms with E-state index in [4.69, 9.17) is 0 Å². The van der Waals surface area contributed by atoms with E-state index in [0.29, 0.717) is 6.54 Å². The number of piperidine rings is 1. The zero-order valence-electron chi connectivity index (χ0n) is 8.15. The SMILES string of the molecule is O=C(c1ccc(Br)s1)N1CCC[C@H](O)C1. The molecule has 1 aliphatic heterocycles. The maximum atomic E-state index is 12.0. The normalized spacial score (nSPS) is 21.7. The second-order valence-corrected chi connectivity index (χ2v) is 6.11. The lowest BCUT2D eigenvalue weighted by Gasteiger charge is -2.29. The molecule has 1 N–H and O–H groups in total. The number of nitrogens with zero attached hydrogens (tertiary/aromatic N) is 1. The highest BCUT2D eigenvalue weighted by Crippen LogP contribution is 2.24. The Bertz CT molecular complexity index is 366. The Morgan fingerprint density at radius 3 is 3.00 bits per heavy atom. The Labute approximate surface area is 101 Å². The molecule has 1 fully saturated rings. The Kier molecular flexibility index (Phi) is 3.43. The molecule has 0 spiro atoms. The Hall–Kier alpha value is -0.390. The number of aliphatic hydroxyl groups excluding tert-OH is 1. The Morgan fingerprint density at radius 1 is 1.60 bits per heavy atom. The van der Waals surface area contributed by atoms with E-state index in [1.165, 1.54) is 11.3 Å². The summed E-state index contributed by atoms with van der Waals surface area (Å²) in [6, 6.07) is 3.69. The van der Waals surface area contributed by atoms with Gasteiger partial charge in [0.25, 0.3) is 5.91 Å². The molecule has 1 aliphatic rings. The molecular formula is C10H12BrNO2S. The van der Waals surface area contributed by atoms with Gasteiger partial charge >= 0.3 is 0 Å². The molecule has 0 saturated carbocycles. The highest BCUT2D eigenvalue weighted by molar-refractivity contribution is 9.11. The van der Waals surface area contributed by atoms with Gasteiger partial charge in [-0.3, -0.25) is 4.79 Å². The number of carbonyl (C=O) groups excluding carboxylic acids is 1. The van der Waals surface area contributed by atoms with Gasteiger partial charge in [0.15, 0.2) is 0 Å². The van der Waals surface area contributed by atoms with Crippen molar-refractivity contribution in [1.29, 1.82) is 0 Å². The minimum Gasteiger partial charge on any atom is -0.391 e. The number of likely N-dealkylation sites (tertiary alicyclic amines) is 1. The molecule has 15 heavy (non-hydrogen) atoms. The van der Waals surface area contributed by atoms with Gasteiger partial charge in [-0.25, -0.2) is 0 Å². The summed E-state index contributed by atoms with van der Waals surface area (Å²) in [5.74, 6) is 0.0319. The van der Waals surface area contributed by atoms with Crippen molar-refractivity contribution in [2.75, 3.05) is 13.1 Å². The molecule has 82 valence electrons. The molecule has 1 aromatic heterocycles. The third-order valence-electron chi connectivity index (χ3n) is 2.47. The maximum absolute atomic E-state index is 12.0. The van der Waals surface area contributed by atoms with E-state index in [1.54, 1.807) is 4.90 Å². The number of rotatable bonds is 1. The van der Waals surface area contributed by atoms with Crippen LogP contribution in [0.25, 0.3) is 0 Å². The number of halogens is 1. The average molecular weight is 290 g/mol. The van der Waals surface area contributed by atoms with E-state index in [9.17, 15) is 9.90 Å². The van der Waals surface area contributed by atoms with E-state index < -0.39 is 0 Å². The Balaban J connectivity index is 2.07. The van der Waals surface area contributed by atoms with Crippen molar-refractivity contribution in [1.82, 2.24) is 4.90 Å². The van der Waals surface area contributed by atoms with Crippen LogP contribution in [0.2, 0.25) is 0 Å². The molecule has 1 atom stereocenters. The van der Waals surface area contributed by atoms with Crippen molar-refractivity contribution in [3.63, 3.8) is 0 Å². The minimum atomic E-state index is -0.355. The first-order valence-electron chi connectivity index (χ1n) is 4.89. The van der Waals surface area contributed by atoms with Gasteiger partial charge in [0.05, 0.1) is 14.8 Å². The number of amides is 1. The summed E-state index contributed by atoms with van der Waals surface area (Å²) in [7, 11) is 0. The van der Waals surface area contributed by atoms with Crippen LogP contribution in [0.15, 0.2) is 15.9 Å². The van der Waals surface area contributed by atoms with Crippen molar-refractivity contribution < 1.29 is 9.90 Å². The molecule has 1 aromatic rings. The third-order valence-corrected chi connectivity index (χ3v) is 4.08. The molecule has 1 amide bonds. The molecule has 0 aliphatic carbocycles. The second-order valence-electron chi connectivity index (χ2n) is 3.65. The van der Waals surface area contributed by atoms with Gasteiger partial charge in [-0.2, -0.15) is 0 Å². The number of hydrogen-bond acceptors (Lipinski definition) is 3. The van der Waals surface area contributed by atoms with Gasteiger partial charge in [-0.05, 0) is 40.9 Å². The summed E-state index contributed by atoms with van der Waals surface area (Å²) in [5.41, 5.74) is 0. The van der Waals surface area contributed by atoms with Crippen LogP contribution in [0.1, 0.15) is 22.5 Å². The number of hydrogen-bond donors (Lipinski definition) is 1. The zero-order valence-corrected chi connectivity index (χ0v) is 10.6. The summed E-state index contributed by atoms with van der Waals surface area (Å²) in [5, 5.41) is 9.48. The van der Waals surface area contributed by atoms with E-state index in [0.717, 1.165) is 28.0 Å².